The van der Waals surface area contributed by atoms with Crippen LogP contribution in [0.4, 0.5) is 5.69 Å². The molecule has 1 amide bonds. The van der Waals surface area contributed by atoms with Crippen LogP contribution >= 0.6 is 11.6 Å². The van der Waals surface area contributed by atoms with E-state index in [-0.39, 0.29) is 5.91 Å². The highest BCUT2D eigenvalue weighted by Gasteiger charge is 2.05. The third-order valence-corrected chi connectivity index (χ3v) is 3.47. The Kier molecular flexibility index (Phi) is 5.64. The van der Waals surface area contributed by atoms with Crippen molar-refractivity contribution < 1.29 is 4.79 Å². The summed E-state index contributed by atoms with van der Waals surface area (Å²) in [6.07, 6.45) is 0.887. The number of carbonyl (C=O) groups excluding carboxylic acids is 1. The average molecular weight is 303 g/mol. The van der Waals surface area contributed by atoms with Gasteiger partial charge in [-0.2, -0.15) is 0 Å². The van der Waals surface area contributed by atoms with Gasteiger partial charge in [0.05, 0.1) is 0 Å². The number of halogens is 1. The first-order valence-corrected chi connectivity index (χ1v) is 7.34. The van der Waals surface area contributed by atoms with Gasteiger partial charge in [-0.1, -0.05) is 35.9 Å². The van der Waals surface area contributed by atoms with Crippen LogP contribution in [0.2, 0.25) is 5.02 Å². The molecule has 21 heavy (non-hydrogen) atoms. The van der Waals surface area contributed by atoms with Crippen molar-refractivity contribution in [3.05, 3.63) is 65.2 Å². The molecule has 0 aliphatic rings. The molecule has 2 aromatic rings. The molecule has 0 aliphatic heterocycles. The number of para-hydroxylation sites is 1. The molecule has 0 saturated carbocycles. The summed E-state index contributed by atoms with van der Waals surface area (Å²) in [6, 6.07) is 17.2. The van der Waals surface area contributed by atoms with Crippen molar-refractivity contribution in [2.24, 2.45) is 0 Å². The number of rotatable bonds is 6. The van der Waals surface area contributed by atoms with Gasteiger partial charge in [0, 0.05) is 36.4 Å². The molecule has 0 radical (unpaired) electrons. The van der Waals surface area contributed by atoms with E-state index >= 15 is 0 Å². The fourth-order valence-corrected chi connectivity index (χ4v) is 2.25. The van der Waals surface area contributed by atoms with E-state index in [9.17, 15) is 4.79 Å². The van der Waals surface area contributed by atoms with E-state index in [4.69, 9.17) is 11.6 Å². The number of nitrogens with zero attached hydrogens (tertiary/aromatic N) is 1. The molecule has 0 saturated heterocycles. The normalized spacial score (nSPS) is 10.2. The van der Waals surface area contributed by atoms with Crippen LogP contribution in [-0.4, -0.2) is 26.0 Å². The van der Waals surface area contributed by atoms with Gasteiger partial charge >= 0.3 is 0 Å². The SMILES string of the molecule is CN(CCCNC(=O)c1cccc(Cl)c1)c1ccccc1. The highest BCUT2D eigenvalue weighted by atomic mass is 35.5. The second kappa shape index (κ2) is 7.70. The van der Waals surface area contributed by atoms with Crippen molar-refractivity contribution in [2.75, 3.05) is 25.0 Å². The Morgan fingerprint density at radius 2 is 1.90 bits per heavy atom. The monoisotopic (exact) mass is 302 g/mol. The minimum absolute atomic E-state index is 0.0835. The summed E-state index contributed by atoms with van der Waals surface area (Å²) in [6.45, 7) is 1.53. The first-order valence-electron chi connectivity index (χ1n) is 6.97. The fourth-order valence-electron chi connectivity index (χ4n) is 2.06. The van der Waals surface area contributed by atoms with Crippen LogP contribution in [0, 0.1) is 0 Å². The van der Waals surface area contributed by atoms with E-state index in [2.05, 4.69) is 22.3 Å². The first kappa shape index (κ1) is 15.4. The molecule has 0 aliphatic carbocycles. The lowest BCUT2D eigenvalue weighted by Gasteiger charge is -2.19. The van der Waals surface area contributed by atoms with Crippen molar-refractivity contribution in [3.63, 3.8) is 0 Å². The third-order valence-electron chi connectivity index (χ3n) is 3.24. The van der Waals surface area contributed by atoms with E-state index in [0.717, 1.165) is 13.0 Å². The Hall–Kier alpha value is -2.00. The van der Waals surface area contributed by atoms with Gasteiger partial charge in [-0.25, -0.2) is 0 Å². The van der Waals surface area contributed by atoms with Crippen molar-refractivity contribution in [3.8, 4) is 0 Å². The smallest absolute Gasteiger partial charge is 0.251 e. The molecule has 2 aromatic carbocycles. The summed E-state index contributed by atoms with van der Waals surface area (Å²) in [5.41, 5.74) is 1.78. The molecular formula is C17H19ClN2O. The van der Waals surface area contributed by atoms with E-state index < -0.39 is 0 Å². The Balaban J connectivity index is 1.74. The van der Waals surface area contributed by atoms with Gasteiger partial charge in [-0.05, 0) is 36.8 Å². The molecular weight excluding hydrogens is 284 g/mol. The summed E-state index contributed by atoms with van der Waals surface area (Å²) in [4.78, 5) is 14.1. The van der Waals surface area contributed by atoms with Gasteiger partial charge in [0.25, 0.3) is 5.91 Å². The van der Waals surface area contributed by atoms with Crippen LogP contribution in [0.15, 0.2) is 54.6 Å². The standard InChI is InChI=1S/C17H19ClN2O/c1-20(16-9-3-2-4-10-16)12-6-11-19-17(21)14-7-5-8-15(18)13-14/h2-5,7-10,13H,6,11-12H2,1H3,(H,19,21). The Morgan fingerprint density at radius 3 is 2.62 bits per heavy atom. The van der Waals surface area contributed by atoms with Gasteiger partial charge in [-0.15, -0.1) is 0 Å². The summed E-state index contributed by atoms with van der Waals surface area (Å²) in [7, 11) is 2.05. The lowest BCUT2D eigenvalue weighted by atomic mass is 10.2. The van der Waals surface area contributed by atoms with Crippen LogP contribution in [-0.2, 0) is 0 Å². The average Bonchev–Trinajstić information content (AvgIpc) is 2.52. The maximum atomic E-state index is 11.9. The number of hydrogen-bond donors (Lipinski definition) is 1. The lowest BCUT2D eigenvalue weighted by Crippen LogP contribution is -2.28. The summed E-state index contributed by atoms with van der Waals surface area (Å²) >= 11 is 5.87. The maximum Gasteiger partial charge on any atom is 0.251 e. The van der Waals surface area contributed by atoms with E-state index in [1.165, 1.54) is 5.69 Å². The van der Waals surface area contributed by atoms with Crippen molar-refractivity contribution in [1.82, 2.24) is 5.32 Å². The van der Waals surface area contributed by atoms with Gasteiger partial charge in [0.15, 0.2) is 0 Å². The molecule has 4 heteroatoms. The number of hydrogen-bond acceptors (Lipinski definition) is 2. The van der Waals surface area contributed by atoms with Crippen molar-refractivity contribution >= 4 is 23.2 Å². The Bertz CT molecular complexity index is 586. The van der Waals surface area contributed by atoms with Crippen LogP contribution in [0.25, 0.3) is 0 Å². The Morgan fingerprint density at radius 1 is 1.14 bits per heavy atom. The van der Waals surface area contributed by atoms with Crippen molar-refractivity contribution in [1.29, 1.82) is 0 Å². The molecule has 0 aromatic heterocycles. The van der Waals surface area contributed by atoms with Crippen LogP contribution in [0.3, 0.4) is 0 Å². The minimum Gasteiger partial charge on any atom is -0.375 e. The zero-order chi connectivity index (χ0) is 15.1. The molecule has 1 N–H and O–H groups in total. The van der Waals surface area contributed by atoms with Crippen molar-refractivity contribution in [2.45, 2.75) is 6.42 Å². The van der Waals surface area contributed by atoms with E-state index in [1.54, 1.807) is 24.3 Å². The number of benzene rings is 2. The molecule has 0 unspecified atom stereocenters. The summed E-state index contributed by atoms with van der Waals surface area (Å²) in [5.74, 6) is -0.0835. The van der Waals surface area contributed by atoms with Crippen LogP contribution in [0.1, 0.15) is 16.8 Å². The van der Waals surface area contributed by atoms with Crippen LogP contribution in [0.5, 0.6) is 0 Å². The van der Waals surface area contributed by atoms with Gasteiger partial charge in [-0.3, -0.25) is 4.79 Å². The van der Waals surface area contributed by atoms with Gasteiger partial charge in [0.2, 0.25) is 0 Å². The molecule has 0 bridgehead atoms. The second-order valence-electron chi connectivity index (χ2n) is 4.88. The molecule has 0 atom stereocenters. The molecule has 0 heterocycles. The zero-order valence-electron chi connectivity index (χ0n) is 12.1. The number of carbonyl (C=O) groups is 1. The first-order chi connectivity index (χ1) is 10.2. The molecule has 110 valence electrons. The third kappa shape index (κ3) is 4.80. The number of amides is 1. The molecule has 3 nitrogen and oxygen atoms in total. The summed E-state index contributed by atoms with van der Waals surface area (Å²) in [5, 5.41) is 3.48. The fraction of sp³-hybridized carbons (Fsp3) is 0.235. The predicted molar refractivity (Wildman–Crippen MR) is 88.1 cm³/mol. The highest BCUT2D eigenvalue weighted by Crippen LogP contribution is 2.11. The Labute approximate surface area is 130 Å². The largest absolute Gasteiger partial charge is 0.375 e. The maximum absolute atomic E-state index is 11.9. The topological polar surface area (TPSA) is 32.3 Å². The van der Waals surface area contributed by atoms with E-state index in [0.29, 0.717) is 17.1 Å². The molecule has 0 fully saturated rings. The summed E-state index contributed by atoms with van der Waals surface area (Å²) < 4.78 is 0. The second-order valence-corrected chi connectivity index (χ2v) is 5.31. The molecule has 0 spiro atoms. The van der Waals surface area contributed by atoms with Gasteiger partial charge < -0.3 is 10.2 Å². The van der Waals surface area contributed by atoms with E-state index in [1.807, 2.05) is 25.2 Å². The number of nitrogens with one attached hydrogen (secondary N) is 1. The number of anilines is 1. The quantitative estimate of drug-likeness (QED) is 0.827. The minimum atomic E-state index is -0.0835. The van der Waals surface area contributed by atoms with Crippen LogP contribution < -0.4 is 10.2 Å². The predicted octanol–water partition coefficient (Wildman–Crippen LogP) is 3.60. The molecule has 2 rings (SSSR count). The van der Waals surface area contributed by atoms with Gasteiger partial charge in [0.1, 0.15) is 0 Å². The zero-order valence-corrected chi connectivity index (χ0v) is 12.8. The lowest BCUT2D eigenvalue weighted by molar-refractivity contribution is 0.0953. The highest BCUT2D eigenvalue weighted by molar-refractivity contribution is 6.30.